The van der Waals surface area contributed by atoms with Crippen LogP contribution in [0.4, 0.5) is 5.69 Å². The molecule has 0 aliphatic rings. The molecule has 2 aromatic carbocycles. The highest BCUT2D eigenvalue weighted by Crippen LogP contribution is 2.28. The van der Waals surface area contributed by atoms with E-state index >= 15 is 0 Å². The third-order valence-electron chi connectivity index (χ3n) is 3.63. The van der Waals surface area contributed by atoms with Gasteiger partial charge < -0.3 is 19.5 Å². The summed E-state index contributed by atoms with van der Waals surface area (Å²) in [6.45, 7) is 3.88. The van der Waals surface area contributed by atoms with E-state index in [0.717, 1.165) is 5.56 Å². The monoisotopic (exact) mass is 343 g/mol. The van der Waals surface area contributed by atoms with Gasteiger partial charge in [-0.2, -0.15) is 0 Å². The summed E-state index contributed by atoms with van der Waals surface area (Å²) in [5, 5.41) is 2.83. The molecule has 0 aliphatic heterocycles. The van der Waals surface area contributed by atoms with E-state index in [-0.39, 0.29) is 11.9 Å². The number of amides is 1. The van der Waals surface area contributed by atoms with E-state index in [1.807, 2.05) is 6.92 Å². The number of carbonyl (C=O) groups is 2. The molecule has 0 bridgehead atoms. The lowest BCUT2D eigenvalue weighted by Gasteiger charge is -2.12. The summed E-state index contributed by atoms with van der Waals surface area (Å²) in [5.41, 5.74) is 2.27. The van der Waals surface area contributed by atoms with Gasteiger partial charge in [0.2, 0.25) is 0 Å². The molecule has 1 amide bonds. The standard InChI is InChI=1S/C19H21NO5/c1-5-25-19(22)14-6-8-15(12(2)10-14)20-18(21)13-7-9-16(23-3)17(11-13)24-4/h6-11H,5H2,1-4H3,(H,20,21). The maximum Gasteiger partial charge on any atom is 0.338 e. The minimum atomic E-state index is -0.386. The van der Waals surface area contributed by atoms with E-state index in [9.17, 15) is 9.59 Å². The van der Waals surface area contributed by atoms with Gasteiger partial charge in [-0.3, -0.25) is 4.79 Å². The Kier molecular flexibility index (Phi) is 6.00. The van der Waals surface area contributed by atoms with Crippen molar-refractivity contribution in [2.75, 3.05) is 26.1 Å². The molecule has 0 aliphatic carbocycles. The number of nitrogens with one attached hydrogen (secondary N) is 1. The van der Waals surface area contributed by atoms with Crippen LogP contribution in [0.1, 0.15) is 33.2 Å². The minimum absolute atomic E-state index is 0.284. The first-order chi connectivity index (χ1) is 12.0. The number of benzene rings is 2. The largest absolute Gasteiger partial charge is 0.493 e. The Labute approximate surface area is 146 Å². The number of anilines is 1. The molecule has 0 saturated carbocycles. The topological polar surface area (TPSA) is 73.9 Å². The first-order valence-electron chi connectivity index (χ1n) is 7.81. The Morgan fingerprint density at radius 2 is 1.64 bits per heavy atom. The second-order valence-corrected chi connectivity index (χ2v) is 5.27. The van der Waals surface area contributed by atoms with Crippen LogP contribution in [0, 0.1) is 6.92 Å². The Morgan fingerprint density at radius 1 is 0.960 bits per heavy atom. The van der Waals surface area contributed by atoms with Gasteiger partial charge in [0.1, 0.15) is 0 Å². The summed E-state index contributed by atoms with van der Waals surface area (Å²) in [4.78, 5) is 24.2. The molecule has 0 spiro atoms. The van der Waals surface area contributed by atoms with Crippen molar-refractivity contribution in [3.05, 3.63) is 53.1 Å². The van der Waals surface area contributed by atoms with Gasteiger partial charge >= 0.3 is 5.97 Å². The van der Waals surface area contributed by atoms with Gasteiger partial charge in [-0.25, -0.2) is 4.79 Å². The van der Waals surface area contributed by atoms with Crippen LogP contribution in [0.3, 0.4) is 0 Å². The van der Waals surface area contributed by atoms with E-state index in [1.165, 1.54) is 14.2 Å². The number of rotatable bonds is 6. The SMILES string of the molecule is CCOC(=O)c1ccc(NC(=O)c2ccc(OC)c(OC)c2)c(C)c1. The highest BCUT2D eigenvalue weighted by atomic mass is 16.5. The average molecular weight is 343 g/mol. The molecule has 6 nitrogen and oxygen atoms in total. The van der Waals surface area contributed by atoms with Gasteiger partial charge in [-0.05, 0) is 55.8 Å². The molecular formula is C19H21NO5. The zero-order valence-electron chi connectivity index (χ0n) is 14.7. The van der Waals surface area contributed by atoms with Crippen LogP contribution in [-0.4, -0.2) is 32.7 Å². The second-order valence-electron chi connectivity index (χ2n) is 5.27. The number of hydrogen-bond donors (Lipinski definition) is 1. The van der Waals surface area contributed by atoms with Crippen LogP contribution in [0.2, 0.25) is 0 Å². The van der Waals surface area contributed by atoms with Crippen molar-refractivity contribution < 1.29 is 23.8 Å². The zero-order valence-corrected chi connectivity index (χ0v) is 14.7. The molecule has 0 radical (unpaired) electrons. The lowest BCUT2D eigenvalue weighted by Crippen LogP contribution is -2.13. The van der Waals surface area contributed by atoms with Crippen molar-refractivity contribution in [3.8, 4) is 11.5 Å². The van der Waals surface area contributed by atoms with E-state index in [1.54, 1.807) is 43.3 Å². The normalized spacial score (nSPS) is 10.1. The van der Waals surface area contributed by atoms with Crippen LogP contribution >= 0.6 is 0 Å². The van der Waals surface area contributed by atoms with E-state index in [0.29, 0.717) is 34.9 Å². The molecule has 0 fully saturated rings. The number of methoxy groups -OCH3 is 2. The Balaban J connectivity index is 2.19. The summed E-state index contributed by atoms with van der Waals surface area (Å²) in [7, 11) is 3.05. The predicted octanol–water partition coefficient (Wildman–Crippen LogP) is 3.44. The number of hydrogen-bond acceptors (Lipinski definition) is 5. The predicted molar refractivity (Wildman–Crippen MR) is 94.6 cm³/mol. The van der Waals surface area contributed by atoms with Gasteiger partial charge in [-0.15, -0.1) is 0 Å². The van der Waals surface area contributed by atoms with Crippen LogP contribution in [0.5, 0.6) is 11.5 Å². The molecule has 0 unspecified atom stereocenters. The van der Waals surface area contributed by atoms with Gasteiger partial charge in [0, 0.05) is 11.3 Å². The smallest absolute Gasteiger partial charge is 0.338 e. The summed E-state index contributed by atoms with van der Waals surface area (Å²) in [6.07, 6.45) is 0. The van der Waals surface area contributed by atoms with Crippen molar-refractivity contribution in [1.82, 2.24) is 0 Å². The Bertz CT molecular complexity index is 785. The Hall–Kier alpha value is -3.02. The minimum Gasteiger partial charge on any atom is -0.493 e. The fourth-order valence-corrected chi connectivity index (χ4v) is 2.32. The van der Waals surface area contributed by atoms with Crippen molar-refractivity contribution in [2.45, 2.75) is 13.8 Å². The molecule has 2 aromatic rings. The highest BCUT2D eigenvalue weighted by molar-refractivity contribution is 6.05. The van der Waals surface area contributed by atoms with Crippen LogP contribution in [0.25, 0.3) is 0 Å². The quantitative estimate of drug-likeness (QED) is 0.813. The van der Waals surface area contributed by atoms with Crippen molar-refractivity contribution in [1.29, 1.82) is 0 Å². The second kappa shape index (κ2) is 8.19. The summed E-state index contributed by atoms with van der Waals surface area (Å²) >= 11 is 0. The summed E-state index contributed by atoms with van der Waals surface area (Å²) < 4.78 is 15.3. The zero-order chi connectivity index (χ0) is 18.4. The molecule has 0 saturated heterocycles. The maximum atomic E-state index is 12.5. The Morgan fingerprint density at radius 3 is 2.24 bits per heavy atom. The molecule has 0 aromatic heterocycles. The number of esters is 1. The molecular weight excluding hydrogens is 322 g/mol. The first kappa shape index (κ1) is 18.3. The molecule has 0 heterocycles. The third kappa shape index (κ3) is 4.29. The summed E-state index contributed by atoms with van der Waals surface area (Å²) in [6, 6.07) is 9.91. The molecule has 25 heavy (non-hydrogen) atoms. The van der Waals surface area contributed by atoms with Crippen molar-refractivity contribution in [3.63, 3.8) is 0 Å². The van der Waals surface area contributed by atoms with E-state index in [2.05, 4.69) is 5.32 Å². The van der Waals surface area contributed by atoms with Crippen LogP contribution in [-0.2, 0) is 4.74 Å². The van der Waals surface area contributed by atoms with E-state index < -0.39 is 0 Å². The van der Waals surface area contributed by atoms with Crippen LogP contribution in [0.15, 0.2) is 36.4 Å². The third-order valence-corrected chi connectivity index (χ3v) is 3.63. The number of carbonyl (C=O) groups excluding carboxylic acids is 2. The lowest BCUT2D eigenvalue weighted by molar-refractivity contribution is 0.0526. The fourth-order valence-electron chi connectivity index (χ4n) is 2.32. The number of ether oxygens (including phenoxy) is 3. The molecule has 132 valence electrons. The van der Waals surface area contributed by atoms with Gasteiger partial charge in [0.25, 0.3) is 5.91 Å². The molecule has 0 atom stereocenters. The van der Waals surface area contributed by atoms with Gasteiger partial charge in [0.05, 0.1) is 26.4 Å². The highest BCUT2D eigenvalue weighted by Gasteiger charge is 2.13. The van der Waals surface area contributed by atoms with Crippen molar-refractivity contribution in [2.24, 2.45) is 0 Å². The van der Waals surface area contributed by atoms with Crippen LogP contribution < -0.4 is 14.8 Å². The summed E-state index contributed by atoms with van der Waals surface area (Å²) in [5.74, 6) is 0.356. The number of aryl methyl sites for hydroxylation is 1. The maximum absolute atomic E-state index is 12.5. The fraction of sp³-hybridized carbons (Fsp3) is 0.263. The average Bonchev–Trinajstić information content (AvgIpc) is 2.62. The van der Waals surface area contributed by atoms with Gasteiger partial charge in [-0.1, -0.05) is 0 Å². The van der Waals surface area contributed by atoms with Gasteiger partial charge in [0.15, 0.2) is 11.5 Å². The van der Waals surface area contributed by atoms with Crippen molar-refractivity contribution >= 4 is 17.6 Å². The molecule has 1 N–H and O–H groups in total. The van der Waals surface area contributed by atoms with E-state index in [4.69, 9.17) is 14.2 Å². The lowest BCUT2D eigenvalue weighted by atomic mass is 10.1. The molecule has 2 rings (SSSR count). The molecule has 6 heteroatoms. The first-order valence-corrected chi connectivity index (χ1v) is 7.81.